The Labute approximate surface area is 148 Å². The van der Waals surface area contributed by atoms with Gasteiger partial charge in [-0.2, -0.15) is 0 Å². The fourth-order valence-corrected chi connectivity index (χ4v) is 3.24. The molecule has 130 valence electrons. The molecule has 1 fully saturated rings. The maximum Gasteiger partial charge on any atom is 0.327 e. The quantitative estimate of drug-likeness (QED) is 0.768. The number of hydrogen-bond acceptors (Lipinski definition) is 6. The predicted octanol–water partition coefficient (Wildman–Crippen LogP) is 0.758. The van der Waals surface area contributed by atoms with Crippen molar-refractivity contribution in [3.63, 3.8) is 0 Å². The second-order valence-corrected chi connectivity index (χ2v) is 6.46. The standard InChI is InChI=1S/C16H17N5O3S/c1-20-9-14(23)21(16(20)24)8-13(22)18-6-4-12-10-25-15(19-12)11-3-2-5-17-7-11/h2-3,5,7,10H,4,6,8-9H2,1H3,(H,18,22). The molecule has 0 unspecified atom stereocenters. The average molecular weight is 359 g/mol. The lowest BCUT2D eigenvalue weighted by molar-refractivity contribution is -0.130. The van der Waals surface area contributed by atoms with Gasteiger partial charge in [0.05, 0.1) is 5.69 Å². The van der Waals surface area contributed by atoms with Crippen molar-refractivity contribution in [2.75, 3.05) is 26.7 Å². The minimum Gasteiger partial charge on any atom is -0.354 e. The number of imide groups is 1. The maximum absolute atomic E-state index is 11.9. The number of urea groups is 1. The Hall–Kier alpha value is -2.81. The van der Waals surface area contributed by atoms with E-state index in [1.165, 1.54) is 23.3 Å². The van der Waals surface area contributed by atoms with Crippen molar-refractivity contribution >= 4 is 29.2 Å². The molecule has 0 aliphatic carbocycles. The number of nitrogens with zero attached hydrogens (tertiary/aromatic N) is 4. The maximum atomic E-state index is 11.9. The molecule has 1 aliphatic rings. The fraction of sp³-hybridized carbons (Fsp3) is 0.312. The first-order valence-corrected chi connectivity index (χ1v) is 8.59. The topological polar surface area (TPSA) is 95.5 Å². The van der Waals surface area contributed by atoms with Gasteiger partial charge in [0.15, 0.2) is 0 Å². The summed E-state index contributed by atoms with van der Waals surface area (Å²) in [6.45, 7) is 0.156. The number of thiazole rings is 1. The Balaban J connectivity index is 1.47. The van der Waals surface area contributed by atoms with E-state index in [9.17, 15) is 14.4 Å². The molecule has 0 spiro atoms. The zero-order valence-electron chi connectivity index (χ0n) is 13.6. The number of carbonyl (C=O) groups is 3. The summed E-state index contributed by atoms with van der Waals surface area (Å²) in [5.41, 5.74) is 1.83. The average Bonchev–Trinajstić information content (AvgIpc) is 3.16. The summed E-state index contributed by atoms with van der Waals surface area (Å²) in [4.78, 5) is 46.1. The largest absolute Gasteiger partial charge is 0.354 e. The van der Waals surface area contributed by atoms with E-state index < -0.39 is 6.03 Å². The number of hydrogen-bond donors (Lipinski definition) is 1. The molecule has 4 amide bonds. The highest BCUT2D eigenvalue weighted by atomic mass is 32.1. The summed E-state index contributed by atoms with van der Waals surface area (Å²) in [7, 11) is 1.53. The van der Waals surface area contributed by atoms with Crippen LogP contribution in [0.2, 0.25) is 0 Å². The highest BCUT2D eigenvalue weighted by molar-refractivity contribution is 7.13. The van der Waals surface area contributed by atoms with Gasteiger partial charge in [0.2, 0.25) is 5.91 Å². The summed E-state index contributed by atoms with van der Waals surface area (Å²) in [5.74, 6) is -0.719. The molecule has 1 saturated heterocycles. The van der Waals surface area contributed by atoms with Gasteiger partial charge in [-0.25, -0.2) is 9.78 Å². The van der Waals surface area contributed by atoms with Crippen LogP contribution in [0.1, 0.15) is 5.69 Å². The molecule has 3 rings (SSSR count). The van der Waals surface area contributed by atoms with Crippen LogP contribution in [-0.2, 0) is 16.0 Å². The van der Waals surface area contributed by atoms with Crippen LogP contribution in [0, 0.1) is 0 Å². The lowest BCUT2D eigenvalue weighted by Crippen LogP contribution is -2.41. The third-order valence-corrected chi connectivity index (χ3v) is 4.64. The van der Waals surface area contributed by atoms with E-state index in [-0.39, 0.29) is 24.9 Å². The van der Waals surface area contributed by atoms with Crippen LogP contribution in [-0.4, -0.2) is 64.3 Å². The Morgan fingerprint density at radius 2 is 2.24 bits per heavy atom. The Morgan fingerprint density at radius 1 is 1.40 bits per heavy atom. The first-order chi connectivity index (χ1) is 12.0. The van der Waals surface area contributed by atoms with E-state index in [4.69, 9.17) is 0 Å². The van der Waals surface area contributed by atoms with Gasteiger partial charge in [0.1, 0.15) is 18.1 Å². The zero-order chi connectivity index (χ0) is 17.8. The van der Waals surface area contributed by atoms with Crippen molar-refractivity contribution in [1.82, 2.24) is 25.1 Å². The molecule has 25 heavy (non-hydrogen) atoms. The molecule has 8 nitrogen and oxygen atoms in total. The Bertz CT molecular complexity index is 792. The molecule has 0 aromatic carbocycles. The Kier molecular flexibility index (Phi) is 5.03. The number of rotatable bonds is 6. The molecule has 0 atom stereocenters. The molecule has 0 radical (unpaired) electrons. The van der Waals surface area contributed by atoms with Gasteiger partial charge in [0.25, 0.3) is 5.91 Å². The smallest absolute Gasteiger partial charge is 0.327 e. The number of nitrogens with one attached hydrogen (secondary N) is 1. The molecule has 1 aliphatic heterocycles. The normalized spacial score (nSPS) is 14.3. The van der Waals surface area contributed by atoms with Crippen LogP contribution >= 0.6 is 11.3 Å². The third-order valence-electron chi connectivity index (χ3n) is 3.70. The molecule has 0 saturated carbocycles. The second kappa shape index (κ2) is 7.39. The predicted molar refractivity (Wildman–Crippen MR) is 91.8 cm³/mol. The zero-order valence-corrected chi connectivity index (χ0v) is 14.5. The lowest BCUT2D eigenvalue weighted by Gasteiger charge is -2.13. The molecular weight excluding hydrogens is 342 g/mol. The second-order valence-electron chi connectivity index (χ2n) is 5.60. The first kappa shape index (κ1) is 17.0. The van der Waals surface area contributed by atoms with Crippen LogP contribution in [0.25, 0.3) is 10.6 Å². The van der Waals surface area contributed by atoms with Gasteiger partial charge in [-0.1, -0.05) is 0 Å². The van der Waals surface area contributed by atoms with Crippen LogP contribution in [0.3, 0.4) is 0 Å². The first-order valence-electron chi connectivity index (χ1n) is 7.71. The van der Waals surface area contributed by atoms with Crippen molar-refractivity contribution in [3.05, 3.63) is 35.6 Å². The number of amides is 4. The molecule has 3 heterocycles. The summed E-state index contributed by atoms with van der Waals surface area (Å²) in [5, 5.41) is 5.53. The van der Waals surface area contributed by atoms with Crippen LogP contribution in [0.5, 0.6) is 0 Å². The molecule has 9 heteroatoms. The van der Waals surface area contributed by atoms with E-state index in [1.54, 1.807) is 12.4 Å². The lowest BCUT2D eigenvalue weighted by atomic mass is 10.3. The van der Waals surface area contributed by atoms with Gasteiger partial charge < -0.3 is 10.2 Å². The van der Waals surface area contributed by atoms with Crippen molar-refractivity contribution in [1.29, 1.82) is 0 Å². The van der Waals surface area contributed by atoms with Gasteiger partial charge in [-0.3, -0.25) is 19.5 Å². The van der Waals surface area contributed by atoms with Gasteiger partial charge in [0, 0.05) is 43.4 Å². The summed E-state index contributed by atoms with van der Waals surface area (Å²) >= 11 is 1.52. The highest BCUT2D eigenvalue weighted by Crippen LogP contribution is 2.22. The number of pyridine rings is 1. The van der Waals surface area contributed by atoms with Crippen LogP contribution in [0.4, 0.5) is 4.79 Å². The number of aromatic nitrogens is 2. The van der Waals surface area contributed by atoms with E-state index in [0.717, 1.165) is 21.2 Å². The molecule has 2 aromatic heterocycles. The summed E-state index contributed by atoms with van der Waals surface area (Å²) in [6.07, 6.45) is 4.04. The van der Waals surface area contributed by atoms with Crippen LogP contribution < -0.4 is 5.32 Å². The van der Waals surface area contributed by atoms with Crippen molar-refractivity contribution in [2.45, 2.75) is 6.42 Å². The van der Waals surface area contributed by atoms with E-state index in [0.29, 0.717) is 13.0 Å². The van der Waals surface area contributed by atoms with E-state index in [2.05, 4.69) is 15.3 Å². The number of likely N-dealkylation sites (N-methyl/N-ethyl adjacent to an activating group) is 1. The SMILES string of the molecule is CN1CC(=O)N(CC(=O)NCCc2csc(-c3cccnc3)n2)C1=O. The van der Waals surface area contributed by atoms with Gasteiger partial charge in [-0.15, -0.1) is 11.3 Å². The van der Waals surface area contributed by atoms with Crippen molar-refractivity contribution in [3.8, 4) is 10.6 Å². The molecule has 2 aromatic rings. The fourth-order valence-electron chi connectivity index (χ4n) is 2.40. The minimum atomic E-state index is -0.444. The van der Waals surface area contributed by atoms with Crippen LogP contribution in [0.15, 0.2) is 29.9 Å². The third kappa shape index (κ3) is 4.00. The monoisotopic (exact) mass is 359 g/mol. The minimum absolute atomic E-state index is 0.0159. The summed E-state index contributed by atoms with van der Waals surface area (Å²) in [6, 6.07) is 3.36. The molecular formula is C16H17N5O3S. The van der Waals surface area contributed by atoms with Crippen molar-refractivity contribution < 1.29 is 14.4 Å². The summed E-state index contributed by atoms with van der Waals surface area (Å²) < 4.78 is 0. The molecule has 1 N–H and O–H groups in total. The molecule has 0 bridgehead atoms. The van der Waals surface area contributed by atoms with Crippen molar-refractivity contribution in [2.24, 2.45) is 0 Å². The van der Waals surface area contributed by atoms with E-state index >= 15 is 0 Å². The van der Waals surface area contributed by atoms with Gasteiger partial charge in [-0.05, 0) is 12.1 Å². The Morgan fingerprint density at radius 3 is 2.92 bits per heavy atom. The van der Waals surface area contributed by atoms with Gasteiger partial charge >= 0.3 is 6.03 Å². The highest BCUT2D eigenvalue weighted by Gasteiger charge is 2.34. The number of carbonyl (C=O) groups excluding carboxylic acids is 3. The van der Waals surface area contributed by atoms with E-state index in [1.807, 2.05) is 17.5 Å².